The van der Waals surface area contributed by atoms with Gasteiger partial charge in [0, 0.05) is 5.69 Å². The first kappa shape index (κ1) is 13.2. The van der Waals surface area contributed by atoms with Crippen LogP contribution >= 0.6 is 0 Å². The Bertz CT molecular complexity index is 694. The maximum atomic E-state index is 12.4. The van der Waals surface area contributed by atoms with Gasteiger partial charge in [0.05, 0.1) is 12.0 Å². The van der Waals surface area contributed by atoms with Gasteiger partial charge in [-0.05, 0) is 29.8 Å². The Kier molecular flexibility index (Phi) is 3.31. The predicted octanol–water partition coefficient (Wildman–Crippen LogP) is 2.31. The summed E-state index contributed by atoms with van der Waals surface area (Å²) in [5, 5.41) is 8.75. The van der Waals surface area contributed by atoms with Crippen molar-refractivity contribution in [3.05, 3.63) is 59.7 Å². The van der Waals surface area contributed by atoms with Crippen molar-refractivity contribution >= 4 is 17.6 Å². The number of fused-ring (bicyclic) bond motifs is 1. The normalized spacial score (nSPS) is 13.5. The molecule has 1 aliphatic heterocycles. The van der Waals surface area contributed by atoms with Crippen molar-refractivity contribution < 1.29 is 19.4 Å². The quantitative estimate of drug-likeness (QED) is 0.938. The van der Waals surface area contributed by atoms with E-state index in [0.717, 1.165) is 0 Å². The topological polar surface area (TPSA) is 66.8 Å². The molecule has 2 aromatic rings. The van der Waals surface area contributed by atoms with E-state index in [9.17, 15) is 9.59 Å². The van der Waals surface area contributed by atoms with Crippen LogP contribution in [0.2, 0.25) is 0 Å². The zero-order valence-corrected chi connectivity index (χ0v) is 11.2. The first-order valence-electron chi connectivity index (χ1n) is 6.49. The lowest BCUT2D eigenvalue weighted by molar-refractivity contribution is -0.136. The summed E-state index contributed by atoms with van der Waals surface area (Å²) < 4.78 is 5.57. The van der Waals surface area contributed by atoms with E-state index < -0.39 is 5.97 Å². The minimum atomic E-state index is -0.881. The van der Waals surface area contributed by atoms with Crippen molar-refractivity contribution in [3.63, 3.8) is 0 Å². The van der Waals surface area contributed by atoms with Gasteiger partial charge in [0.2, 0.25) is 0 Å². The predicted molar refractivity (Wildman–Crippen MR) is 76.5 cm³/mol. The van der Waals surface area contributed by atoms with Crippen LogP contribution in [0.1, 0.15) is 15.9 Å². The molecule has 0 saturated heterocycles. The molecule has 1 aliphatic rings. The molecule has 1 amide bonds. The summed E-state index contributed by atoms with van der Waals surface area (Å²) in [5.74, 6) is -0.418. The molecule has 2 aromatic carbocycles. The van der Waals surface area contributed by atoms with Crippen LogP contribution in [0.3, 0.4) is 0 Å². The SMILES string of the molecule is O=C(O)Cc1ccc(N2COc3ccccc3C2=O)cc1. The molecule has 5 heteroatoms. The number of nitrogens with zero attached hydrogens (tertiary/aromatic N) is 1. The highest BCUT2D eigenvalue weighted by atomic mass is 16.5. The summed E-state index contributed by atoms with van der Waals surface area (Å²) in [5.41, 5.74) is 1.90. The average molecular weight is 283 g/mol. The molecule has 0 aromatic heterocycles. The van der Waals surface area contributed by atoms with Crippen molar-refractivity contribution in [1.82, 2.24) is 0 Å². The number of carboxylic acid groups (broad SMARTS) is 1. The molecule has 0 aliphatic carbocycles. The number of anilines is 1. The second kappa shape index (κ2) is 5.28. The second-order valence-corrected chi connectivity index (χ2v) is 4.74. The van der Waals surface area contributed by atoms with Gasteiger partial charge in [-0.15, -0.1) is 0 Å². The average Bonchev–Trinajstić information content (AvgIpc) is 2.48. The van der Waals surface area contributed by atoms with Crippen LogP contribution in [-0.4, -0.2) is 23.7 Å². The maximum absolute atomic E-state index is 12.4. The molecule has 1 N–H and O–H groups in total. The Balaban J connectivity index is 1.85. The zero-order valence-electron chi connectivity index (χ0n) is 11.2. The fourth-order valence-corrected chi connectivity index (χ4v) is 2.27. The minimum absolute atomic E-state index is 0.0342. The van der Waals surface area contributed by atoms with E-state index in [2.05, 4.69) is 0 Å². The maximum Gasteiger partial charge on any atom is 0.307 e. The summed E-state index contributed by atoms with van der Waals surface area (Å²) >= 11 is 0. The monoisotopic (exact) mass is 283 g/mol. The number of amides is 1. The fourth-order valence-electron chi connectivity index (χ4n) is 2.27. The van der Waals surface area contributed by atoms with Crippen molar-refractivity contribution in [1.29, 1.82) is 0 Å². The van der Waals surface area contributed by atoms with E-state index in [1.54, 1.807) is 42.5 Å². The third-order valence-corrected chi connectivity index (χ3v) is 3.32. The molecular weight excluding hydrogens is 270 g/mol. The Morgan fingerprint density at radius 2 is 1.86 bits per heavy atom. The highest BCUT2D eigenvalue weighted by Gasteiger charge is 2.26. The number of benzene rings is 2. The van der Waals surface area contributed by atoms with E-state index in [4.69, 9.17) is 9.84 Å². The Morgan fingerprint density at radius 3 is 2.57 bits per heavy atom. The molecule has 3 rings (SSSR count). The van der Waals surface area contributed by atoms with Gasteiger partial charge in [-0.25, -0.2) is 0 Å². The molecule has 1 heterocycles. The van der Waals surface area contributed by atoms with Gasteiger partial charge in [-0.2, -0.15) is 0 Å². The van der Waals surface area contributed by atoms with Gasteiger partial charge >= 0.3 is 5.97 Å². The summed E-state index contributed by atoms with van der Waals surface area (Å²) in [6.45, 7) is 0.147. The molecule has 0 spiro atoms. The molecule has 0 radical (unpaired) electrons. The van der Waals surface area contributed by atoms with E-state index in [-0.39, 0.29) is 19.1 Å². The minimum Gasteiger partial charge on any atom is -0.481 e. The van der Waals surface area contributed by atoms with Gasteiger partial charge < -0.3 is 9.84 Å². The third kappa shape index (κ3) is 2.58. The highest BCUT2D eigenvalue weighted by Crippen LogP contribution is 2.28. The number of ether oxygens (including phenoxy) is 1. The van der Waals surface area contributed by atoms with Gasteiger partial charge in [0.1, 0.15) is 5.75 Å². The lowest BCUT2D eigenvalue weighted by Gasteiger charge is -2.28. The van der Waals surface area contributed by atoms with Gasteiger partial charge in [-0.3, -0.25) is 14.5 Å². The largest absolute Gasteiger partial charge is 0.481 e. The van der Waals surface area contributed by atoms with Gasteiger partial charge in [0.25, 0.3) is 5.91 Å². The summed E-state index contributed by atoms with van der Waals surface area (Å²) in [6, 6.07) is 14.0. The number of aliphatic carboxylic acids is 1. The molecule has 0 unspecified atom stereocenters. The van der Waals surface area contributed by atoms with Crippen LogP contribution in [0.4, 0.5) is 5.69 Å². The Morgan fingerprint density at radius 1 is 1.14 bits per heavy atom. The number of carboxylic acids is 1. The fraction of sp³-hybridized carbons (Fsp3) is 0.125. The van der Waals surface area contributed by atoms with Crippen molar-refractivity contribution in [2.75, 3.05) is 11.6 Å². The summed E-state index contributed by atoms with van der Waals surface area (Å²) in [7, 11) is 0. The molecule has 5 nitrogen and oxygen atoms in total. The van der Waals surface area contributed by atoms with Crippen molar-refractivity contribution in [3.8, 4) is 5.75 Å². The molecule has 21 heavy (non-hydrogen) atoms. The zero-order chi connectivity index (χ0) is 14.8. The second-order valence-electron chi connectivity index (χ2n) is 4.74. The summed E-state index contributed by atoms with van der Waals surface area (Å²) in [6.07, 6.45) is -0.0342. The molecule has 0 fully saturated rings. The van der Waals surface area contributed by atoms with Crippen LogP contribution < -0.4 is 9.64 Å². The molecule has 106 valence electrons. The van der Waals surface area contributed by atoms with E-state index >= 15 is 0 Å². The molecule has 0 saturated carbocycles. The van der Waals surface area contributed by atoms with Crippen molar-refractivity contribution in [2.24, 2.45) is 0 Å². The molecule has 0 bridgehead atoms. The smallest absolute Gasteiger partial charge is 0.307 e. The standard InChI is InChI=1S/C16H13NO4/c18-15(19)9-11-5-7-12(8-6-11)17-10-21-14-4-2-1-3-13(14)16(17)20/h1-8H,9-10H2,(H,18,19). The lowest BCUT2D eigenvalue weighted by Crippen LogP contribution is -2.38. The molecular formula is C16H13NO4. The number of para-hydroxylation sites is 1. The lowest BCUT2D eigenvalue weighted by atomic mass is 10.1. The third-order valence-electron chi connectivity index (χ3n) is 3.32. The Hall–Kier alpha value is -2.82. The van der Waals surface area contributed by atoms with E-state index in [1.165, 1.54) is 4.90 Å². The first-order chi connectivity index (χ1) is 10.1. The number of hydrogen-bond acceptors (Lipinski definition) is 3. The number of rotatable bonds is 3. The van der Waals surface area contributed by atoms with Gasteiger partial charge in [-0.1, -0.05) is 24.3 Å². The number of hydrogen-bond donors (Lipinski definition) is 1. The van der Waals surface area contributed by atoms with Crippen LogP contribution in [0.15, 0.2) is 48.5 Å². The Labute approximate surface area is 121 Å². The van der Waals surface area contributed by atoms with Crippen LogP contribution in [0.5, 0.6) is 5.75 Å². The van der Waals surface area contributed by atoms with Gasteiger partial charge in [0.15, 0.2) is 6.73 Å². The summed E-state index contributed by atoms with van der Waals surface area (Å²) in [4.78, 5) is 24.6. The first-order valence-corrected chi connectivity index (χ1v) is 6.49. The van der Waals surface area contributed by atoms with E-state index in [0.29, 0.717) is 22.6 Å². The van der Waals surface area contributed by atoms with Crippen molar-refractivity contribution in [2.45, 2.75) is 6.42 Å². The number of carbonyl (C=O) groups is 2. The highest BCUT2D eigenvalue weighted by molar-refractivity contribution is 6.08. The number of carbonyl (C=O) groups excluding carboxylic acids is 1. The van der Waals surface area contributed by atoms with Crippen LogP contribution in [-0.2, 0) is 11.2 Å². The van der Waals surface area contributed by atoms with Crippen LogP contribution in [0, 0.1) is 0 Å². The van der Waals surface area contributed by atoms with E-state index in [1.807, 2.05) is 6.07 Å². The van der Waals surface area contributed by atoms with Crippen LogP contribution in [0.25, 0.3) is 0 Å². The molecule has 0 atom stereocenters.